The van der Waals surface area contributed by atoms with Crippen LogP contribution in [0.3, 0.4) is 0 Å². The molecule has 0 aliphatic heterocycles. The third-order valence-electron chi connectivity index (χ3n) is 7.10. The molecule has 0 spiro atoms. The van der Waals surface area contributed by atoms with Gasteiger partial charge in [0.2, 0.25) is 0 Å². The van der Waals surface area contributed by atoms with Gasteiger partial charge >= 0.3 is 5.69 Å². The van der Waals surface area contributed by atoms with E-state index in [0.717, 1.165) is 44.4 Å². The Kier molecular flexibility index (Phi) is 5.38. The lowest BCUT2D eigenvalue weighted by atomic mass is 9.93. The van der Waals surface area contributed by atoms with Crippen molar-refractivity contribution in [3.63, 3.8) is 0 Å². The van der Waals surface area contributed by atoms with Gasteiger partial charge in [0.15, 0.2) is 0 Å². The maximum absolute atomic E-state index is 12.8. The van der Waals surface area contributed by atoms with Crippen LogP contribution in [0.2, 0.25) is 0 Å². The number of nitrogens with zero attached hydrogens (tertiary/aromatic N) is 7. The third-order valence-corrected chi connectivity index (χ3v) is 7.10. The van der Waals surface area contributed by atoms with Gasteiger partial charge in [-0.15, -0.1) is 6.42 Å². The molecule has 0 bridgehead atoms. The van der Waals surface area contributed by atoms with E-state index in [1.165, 1.54) is 0 Å². The van der Waals surface area contributed by atoms with Crippen molar-refractivity contribution in [2.45, 2.75) is 39.0 Å². The fourth-order valence-corrected chi connectivity index (χ4v) is 5.00. The van der Waals surface area contributed by atoms with Gasteiger partial charge in [0.1, 0.15) is 5.82 Å². The molecule has 0 unspecified atom stereocenters. The number of imidazole rings is 2. The molecule has 186 valence electrons. The smallest absolute Gasteiger partial charge is 0.295 e. The molecule has 5 aromatic rings. The molecule has 8 nitrogen and oxygen atoms in total. The Bertz CT molecular complexity index is 1860. The normalized spacial score (nSPS) is 11.9. The highest BCUT2D eigenvalue weighted by Gasteiger charge is 2.28. The Morgan fingerprint density at radius 3 is 2.38 bits per heavy atom. The molecule has 0 radical (unpaired) electrons. The zero-order valence-electron chi connectivity index (χ0n) is 22.2. The summed E-state index contributed by atoms with van der Waals surface area (Å²) in [6, 6.07) is 10.2. The Hall–Kier alpha value is -4.56. The molecule has 0 aliphatic carbocycles. The zero-order valence-corrected chi connectivity index (χ0v) is 22.2. The molecule has 0 aliphatic rings. The van der Waals surface area contributed by atoms with Crippen LogP contribution in [-0.2, 0) is 26.6 Å². The molecule has 8 heteroatoms. The first-order valence-electron chi connectivity index (χ1n) is 12.1. The van der Waals surface area contributed by atoms with E-state index in [1.54, 1.807) is 34.1 Å². The number of hydrogen-bond donors (Lipinski definition) is 0. The molecule has 2 aromatic carbocycles. The van der Waals surface area contributed by atoms with E-state index in [4.69, 9.17) is 11.4 Å². The highest BCUT2D eigenvalue weighted by atomic mass is 16.1. The van der Waals surface area contributed by atoms with Gasteiger partial charge < -0.3 is 0 Å². The second-order valence-electron chi connectivity index (χ2n) is 10.4. The van der Waals surface area contributed by atoms with Crippen LogP contribution in [0.15, 0.2) is 41.5 Å². The van der Waals surface area contributed by atoms with Gasteiger partial charge in [-0.1, -0.05) is 19.8 Å². The van der Waals surface area contributed by atoms with Crippen molar-refractivity contribution in [2.75, 3.05) is 0 Å². The van der Waals surface area contributed by atoms with E-state index in [0.29, 0.717) is 11.4 Å². The second-order valence-corrected chi connectivity index (χ2v) is 10.4. The lowest BCUT2D eigenvalue weighted by Gasteiger charge is -2.21. The lowest BCUT2D eigenvalue weighted by molar-refractivity contribution is 0.629. The summed E-state index contributed by atoms with van der Waals surface area (Å²) in [7, 11) is 5.43. The van der Waals surface area contributed by atoms with Gasteiger partial charge in [-0.3, -0.25) is 18.4 Å². The van der Waals surface area contributed by atoms with Crippen molar-refractivity contribution in [1.82, 2.24) is 28.5 Å². The number of terminal acetylenes is 1. The number of hydrogen-bond acceptors (Lipinski definition) is 4. The van der Waals surface area contributed by atoms with Crippen LogP contribution >= 0.6 is 0 Å². The molecule has 0 saturated carbocycles. The molecular formula is C29H29N7O. The third kappa shape index (κ3) is 3.56. The van der Waals surface area contributed by atoms with Gasteiger partial charge in [0.05, 0.1) is 45.3 Å². The molecule has 0 fully saturated rings. The maximum atomic E-state index is 12.8. The number of aromatic nitrogens is 6. The largest absolute Gasteiger partial charge is 0.328 e. The van der Waals surface area contributed by atoms with Gasteiger partial charge in [-0.2, -0.15) is 10.4 Å². The van der Waals surface area contributed by atoms with Crippen LogP contribution in [0.4, 0.5) is 0 Å². The van der Waals surface area contributed by atoms with Crippen molar-refractivity contribution < 1.29 is 0 Å². The molecule has 3 aromatic heterocycles. The van der Waals surface area contributed by atoms with Crippen molar-refractivity contribution in [2.24, 2.45) is 21.1 Å². The van der Waals surface area contributed by atoms with E-state index < -0.39 is 5.41 Å². The Balaban J connectivity index is 1.92. The molecule has 3 heterocycles. The Morgan fingerprint density at radius 1 is 1.05 bits per heavy atom. The first-order valence-corrected chi connectivity index (χ1v) is 12.1. The van der Waals surface area contributed by atoms with Crippen molar-refractivity contribution >= 4 is 22.1 Å². The quantitative estimate of drug-likeness (QED) is 0.346. The predicted octanol–water partition coefficient (Wildman–Crippen LogP) is 4.52. The zero-order chi connectivity index (χ0) is 26.8. The van der Waals surface area contributed by atoms with Gasteiger partial charge in [-0.05, 0) is 49.6 Å². The molecule has 0 N–H and O–H groups in total. The van der Waals surface area contributed by atoms with E-state index in [2.05, 4.69) is 37.0 Å². The van der Waals surface area contributed by atoms with Gasteiger partial charge in [-0.25, -0.2) is 9.78 Å². The van der Waals surface area contributed by atoms with Crippen LogP contribution < -0.4 is 5.69 Å². The first kappa shape index (κ1) is 24.1. The minimum Gasteiger partial charge on any atom is -0.295 e. The lowest BCUT2D eigenvalue weighted by Crippen LogP contribution is -2.20. The summed E-state index contributed by atoms with van der Waals surface area (Å²) in [5, 5.41) is 14.3. The average Bonchev–Trinajstić information content (AvgIpc) is 3.54. The van der Waals surface area contributed by atoms with Crippen LogP contribution in [0, 0.1) is 23.7 Å². The number of benzene rings is 2. The van der Waals surface area contributed by atoms with Crippen LogP contribution in [0.25, 0.3) is 38.9 Å². The Morgan fingerprint density at radius 2 is 1.78 bits per heavy atom. The second kappa shape index (κ2) is 8.25. The standard InChI is InChI=1S/C29H29N7O/c1-9-29(4,5)27-32-23-13-22(19-15-31-33(6)16-19)18(14-30)10-24(23)36(27)20-11-21(17(2)3)26-25(12-20)34(7)28(37)35(26)8/h1,10-13,15-17H,2-8H3. The Labute approximate surface area is 215 Å². The molecule has 0 atom stereocenters. The SMILES string of the molecule is C#CC(C)(C)c1nc2cc(-c3cnn(C)c3)c(C#N)cc2n1-c1cc(C(C)C)c2c(c1)n(C)c(=O)n2C. The summed E-state index contributed by atoms with van der Waals surface area (Å²) >= 11 is 0. The fraction of sp³-hybridized carbons (Fsp3) is 0.310. The van der Waals surface area contributed by atoms with E-state index in [9.17, 15) is 10.1 Å². The molecule has 37 heavy (non-hydrogen) atoms. The molecular weight excluding hydrogens is 462 g/mol. The van der Waals surface area contributed by atoms with Crippen LogP contribution in [0.1, 0.15) is 50.6 Å². The highest BCUT2D eigenvalue weighted by molar-refractivity contribution is 5.89. The first-order chi connectivity index (χ1) is 17.5. The van der Waals surface area contributed by atoms with Gasteiger partial charge in [0, 0.05) is 44.2 Å². The number of nitriles is 1. The van der Waals surface area contributed by atoms with E-state index in [-0.39, 0.29) is 11.6 Å². The van der Waals surface area contributed by atoms with Crippen molar-refractivity contribution in [3.8, 4) is 35.2 Å². The molecule has 0 amide bonds. The summed E-state index contributed by atoms with van der Waals surface area (Å²) in [5.41, 5.74) is 6.47. The number of fused-ring (bicyclic) bond motifs is 2. The number of rotatable bonds is 4. The summed E-state index contributed by atoms with van der Waals surface area (Å²) < 4.78 is 7.10. The highest BCUT2D eigenvalue weighted by Crippen LogP contribution is 2.36. The van der Waals surface area contributed by atoms with Crippen LogP contribution in [0.5, 0.6) is 0 Å². The van der Waals surface area contributed by atoms with Crippen molar-refractivity contribution in [1.29, 1.82) is 5.26 Å². The monoisotopic (exact) mass is 491 g/mol. The summed E-state index contributed by atoms with van der Waals surface area (Å²) in [6.45, 7) is 8.14. The topological polar surface area (TPSA) is 86.4 Å². The minimum atomic E-state index is -0.699. The summed E-state index contributed by atoms with van der Waals surface area (Å²) in [4.78, 5) is 17.9. The van der Waals surface area contributed by atoms with Gasteiger partial charge in [0.25, 0.3) is 0 Å². The fourth-order valence-electron chi connectivity index (χ4n) is 5.00. The molecule has 0 saturated heterocycles. The summed E-state index contributed by atoms with van der Waals surface area (Å²) in [5.74, 6) is 3.74. The number of aryl methyl sites for hydroxylation is 3. The van der Waals surface area contributed by atoms with E-state index in [1.807, 2.05) is 49.9 Å². The van der Waals surface area contributed by atoms with Crippen LogP contribution in [-0.4, -0.2) is 28.5 Å². The predicted molar refractivity (Wildman–Crippen MR) is 146 cm³/mol. The minimum absolute atomic E-state index is 0.0819. The van der Waals surface area contributed by atoms with Crippen molar-refractivity contribution in [3.05, 3.63) is 64.1 Å². The molecule has 5 rings (SSSR count). The average molecular weight is 492 g/mol. The van der Waals surface area contributed by atoms with E-state index >= 15 is 0 Å². The summed E-state index contributed by atoms with van der Waals surface area (Å²) in [6.07, 6.45) is 9.61. The maximum Gasteiger partial charge on any atom is 0.328 e.